The highest BCUT2D eigenvalue weighted by atomic mass is 35.5. The van der Waals surface area contributed by atoms with Crippen molar-refractivity contribution >= 4 is 17.4 Å². The fraction of sp³-hybridized carbons (Fsp3) is 0.308. The largest absolute Gasteiger partial charge is 0.408 e. The van der Waals surface area contributed by atoms with Gasteiger partial charge >= 0.3 is 6.18 Å². The molecule has 0 aliphatic rings. The normalized spacial score (nSPS) is 11.7. The zero-order valence-corrected chi connectivity index (χ0v) is 12.0. The molecular weight excluding hydrogens is 307 g/mol. The first kappa shape index (κ1) is 15.5. The van der Waals surface area contributed by atoms with Gasteiger partial charge < -0.3 is 0 Å². The minimum atomic E-state index is -4.37. The minimum absolute atomic E-state index is 0.151. The highest BCUT2D eigenvalue weighted by molar-refractivity contribution is 6.29. The van der Waals surface area contributed by atoms with Gasteiger partial charge in [-0.2, -0.15) is 18.3 Å². The molecule has 8 heteroatoms. The Balaban J connectivity index is 2.52. The van der Waals surface area contributed by atoms with E-state index in [0.29, 0.717) is 11.3 Å². The van der Waals surface area contributed by atoms with Gasteiger partial charge in [-0.1, -0.05) is 11.6 Å². The molecule has 0 aromatic carbocycles. The Morgan fingerprint density at radius 1 is 1.38 bits per heavy atom. The Labute approximate surface area is 123 Å². The number of pyridine rings is 1. The molecule has 0 saturated carbocycles. The molecule has 2 aromatic rings. The lowest BCUT2D eigenvalue weighted by Crippen LogP contribution is -2.17. The van der Waals surface area contributed by atoms with Crippen LogP contribution in [0.2, 0.25) is 5.15 Å². The number of alkyl halides is 3. The third-order valence-electron chi connectivity index (χ3n) is 2.78. The molecule has 0 unspecified atom stereocenters. The SMILES string of the molecule is CC(=O)c1ccc(Cl)nc1-c1cn(CC(F)(F)F)nc1C. The van der Waals surface area contributed by atoms with Gasteiger partial charge in [-0.15, -0.1) is 0 Å². The van der Waals surface area contributed by atoms with Gasteiger partial charge in [0.25, 0.3) is 0 Å². The summed E-state index contributed by atoms with van der Waals surface area (Å²) in [7, 11) is 0. The van der Waals surface area contributed by atoms with Crippen LogP contribution in [0.3, 0.4) is 0 Å². The number of rotatable bonds is 3. The van der Waals surface area contributed by atoms with Crippen LogP contribution in [-0.4, -0.2) is 26.7 Å². The van der Waals surface area contributed by atoms with E-state index in [1.54, 1.807) is 6.92 Å². The fourth-order valence-electron chi connectivity index (χ4n) is 1.94. The predicted octanol–water partition coefficient (Wildman–Crippen LogP) is 3.67. The van der Waals surface area contributed by atoms with Crippen molar-refractivity contribution in [1.29, 1.82) is 0 Å². The van der Waals surface area contributed by atoms with Crippen LogP contribution in [0.4, 0.5) is 13.2 Å². The summed E-state index contributed by atoms with van der Waals surface area (Å²) in [6, 6.07) is 2.95. The lowest BCUT2D eigenvalue weighted by molar-refractivity contribution is -0.142. The second-order valence-electron chi connectivity index (χ2n) is 4.53. The number of aromatic nitrogens is 3. The third-order valence-corrected chi connectivity index (χ3v) is 2.99. The molecule has 2 rings (SSSR count). The standard InChI is InChI=1S/C13H11ClF3N3O/c1-7-10(5-20(19-7)6-13(15,16)17)12-9(8(2)21)3-4-11(14)18-12/h3-5H,6H2,1-2H3. The van der Waals surface area contributed by atoms with Gasteiger partial charge in [0.15, 0.2) is 5.78 Å². The maximum Gasteiger partial charge on any atom is 0.408 e. The summed E-state index contributed by atoms with van der Waals surface area (Å²) < 4.78 is 38.0. The van der Waals surface area contributed by atoms with Gasteiger partial charge in [-0.05, 0) is 26.0 Å². The van der Waals surface area contributed by atoms with Gasteiger partial charge in [-0.3, -0.25) is 9.48 Å². The molecule has 0 atom stereocenters. The summed E-state index contributed by atoms with van der Waals surface area (Å²) in [5, 5.41) is 3.96. The average Bonchev–Trinajstić information content (AvgIpc) is 2.66. The molecule has 2 aromatic heterocycles. The summed E-state index contributed by atoms with van der Waals surface area (Å²) in [5.74, 6) is -0.253. The monoisotopic (exact) mass is 317 g/mol. The van der Waals surface area contributed by atoms with Crippen molar-refractivity contribution in [2.75, 3.05) is 0 Å². The zero-order chi connectivity index (χ0) is 15.8. The maximum absolute atomic E-state index is 12.4. The Hall–Kier alpha value is -1.89. The first-order chi connectivity index (χ1) is 9.67. The molecule has 2 heterocycles. The molecule has 21 heavy (non-hydrogen) atoms. The number of hydrogen-bond acceptors (Lipinski definition) is 3. The minimum Gasteiger partial charge on any atom is -0.294 e. The molecule has 0 fully saturated rings. The zero-order valence-electron chi connectivity index (χ0n) is 11.2. The summed E-state index contributed by atoms with van der Waals surface area (Å²) in [6.07, 6.45) is -3.16. The van der Waals surface area contributed by atoms with E-state index in [-0.39, 0.29) is 22.2 Å². The van der Waals surface area contributed by atoms with Crippen LogP contribution in [0.15, 0.2) is 18.3 Å². The number of Topliss-reactive ketones (excluding diaryl/α,β-unsaturated/α-hetero) is 1. The van der Waals surface area contributed by atoms with E-state index >= 15 is 0 Å². The van der Waals surface area contributed by atoms with Crippen LogP contribution in [-0.2, 0) is 6.54 Å². The van der Waals surface area contributed by atoms with Gasteiger partial charge in [0.1, 0.15) is 11.7 Å². The first-order valence-corrected chi connectivity index (χ1v) is 6.34. The van der Waals surface area contributed by atoms with E-state index in [1.807, 2.05) is 0 Å². The molecule has 0 radical (unpaired) electrons. The number of carbonyl (C=O) groups is 1. The first-order valence-electron chi connectivity index (χ1n) is 5.96. The van der Waals surface area contributed by atoms with Crippen LogP contribution in [0.5, 0.6) is 0 Å². The summed E-state index contributed by atoms with van der Waals surface area (Å²) in [5.41, 5.74) is 1.22. The van der Waals surface area contributed by atoms with Crippen LogP contribution in [0, 0.1) is 6.92 Å². The molecule has 0 bridgehead atoms. The molecular formula is C13H11ClF3N3O. The van der Waals surface area contributed by atoms with Crippen molar-refractivity contribution in [3.05, 3.63) is 34.7 Å². The third kappa shape index (κ3) is 3.60. The Morgan fingerprint density at radius 3 is 2.62 bits per heavy atom. The molecule has 0 aliphatic heterocycles. The second kappa shape index (κ2) is 5.48. The number of aryl methyl sites for hydroxylation is 1. The van der Waals surface area contributed by atoms with Crippen LogP contribution in [0.1, 0.15) is 23.0 Å². The lowest BCUT2D eigenvalue weighted by Gasteiger charge is -2.06. The van der Waals surface area contributed by atoms with Gasteiger partial charge in [0.05, 0.1) is 11.4 Å². The van der Waals surface area contributed by atoms with Crippen molar-refractivity contribution in [2.24, 2.45) is 0 Å². The Morgan fingerprint density at radius 2 is 2.05 bits per heavy atom. The second-order valence-corrected chi connectivity index (χ2v) is 4.91. The van der Waals surface area contributed by atoms with E-state index in [2.05, 4.69) is 10.1 Å². The van der Waals surface area contributed by atoms with Crippen LogP contribution in [0.25, 0.3) is 11.3 Å². The predicted molar refractivity (Wildman–Crippen MR) is 71.3 cm³/mol. The lowest BCUT2D eigenvalue weighted by atomic mass is 10.0. The topological polar surface area (TPSA) is 47.8 Å². The van der Waals surface area contributed by atoms with Crippen LogP contribution < -0.4 is 0 Å². The van der Waals surface area contributed by atoms with E-state index in [4.69, 9.17) is 11.6 Å². The number of carbonyl (C=O) groups excluding carboxylic acids is 1. The summed E-state index contributed by atoms with van der Waals surface area (Å²) in [4.78, 5) is 15.7. The molecule has 0 N–H and O–H groups in total. The highest BCUT2D eigenvalue weighted by Gasteiger charge is 2.29. The van der Waals surface area contributed by atoms with Crippen molar-refractivity contribution in [1.82, 2.24) is 14.8 Å². The van der Waals surface area contributed by atoms with Crippen molar-refractivity contribution < 1.29 is 18.0 Å². The number of hydrogen-bond donors (Lipinski definition) is 0. The molecule has 112 valence electrons. The van der Waals surface area contributed by atoms with E-state index < -0.39 is 12.7 Å². The maximum atomic E-state index is 12.4. The number of halogens is 4. The van der Waals surface area contributed by atoms with Gasteiger partial charge in [0.2, 0.25) is 0 Å². The molecule has 0 spiro atoms. The summed E-state index contributed by atoms with van der Waals surface area (Å²) in [6.45, 7) is 1.70. The average molecular weight is 318 g/mol. The Bertz CT molecular complexity index is 694. The van der Waals surface area contributed by atoms with Gasteiger partial charge in [-0.25, -0.2) is 4.98 Å². The summed E-state index contributed by atoms with van der Waals surface area (Å²) >= 11 is 5.81. The molecule has 0 aliphatic carbocycles. The van der Waals surface area contributed by atoms with Crippen molar-refractivity contribution in [2.45, 2.75) is 26.6 Å². The van der Waals surface area contributed by atoms with E-state index in [9.17, 15) is 18.0 Å². The van der Waals surface area contributed by atoms with Crippen LogP contribution >= 0.6 is 11.6 Å². The smallest absolute Gasteiger partial charge is 0.294 e. The van der Waals surface area contributed by atoms with Gasteiger partial charge in [0, 0.05) is 17.3 Å². The van der Waals surface area contributed by atoms with E-state index in [1.165, 1.54) is 25.3 Å². The number of ketones is 1. The highest BCUT2D eigenvalue weighted by Crippen LogP contribution is 2.27. The van der Waals surface area contributed by atoms with Crippen molar-refractivity contribution in [3.63, 3.8) is 0 Å². The molecule has 0 saturated heterocycles. The number of nitrogens with zero attached hydrogens (tertiary/aromatic N) is 3. The van der Waals surface area contributed by atoms with Crippen molar-refractivity contribution in [3.8, 4) is 11.3 Å². The Kier molecular flexibility index (Phi) is 4.04. The fourth-order valence-corrected chi connectivity index (χ4v) is 2.09. The molecule has 0 amide bonds. The van der Waals surface area contributed by atoms with E-state index in [0.717, 1.165) is 4.68 Å². The quantitative estimate of drug-likeness (QED) is 0.641. The molecule has 4 nitrogen and oxygen atoms in total.